The molecule has 1 aliphatic rings. The largest absolute Gasteiger partial charge is 0.416 e. The third-order valence-corrected chi connectivity index (χ3v) is 5.52. The molecule has 0 unspecified atom stereocenters. The number of hydrogen-bond acceptors (Lipinski definition) is 3. The molecular weight excluding hydrogens is 407 g/mol. The van der Waals surface area contributed by atoms with Gasteiger partial charge in [-0.05, 0) is 61.4 Å². The zero-order valence-corrected chi connectivity index (χ0v) is 17.1. The molecule has 1 fully saturated rings. The first-order valence-electron chi connectivity index (χ1n) is 10.1. The molecule has 164 valence electrons. The number of nitrogens with one attached hydrogen (secondary N) is 2. The number of carbonyl (C=O) groups is 2. The first-order valence-corrected chi connectivity index (χ1v) is 10.1. The molecule has 1 saturated carbocycles. The average molecular weight is 431 g/mol. The summed E-state index contributed by atoms with van der Waals surface area (Å²) in [6.45, 7) is 0. The van der Waals surface area contributed by atoms with Gasteiger partial charge in [-0.25, -0.2) is 0 Å². The SMILES string of the molecule is CN(C(=N)C1CCCCC1)C(=O)c1ccc(NC(=O)c2ccc(C(F)(F)F)cc2)cc1. The Balaban J connectivity index is 1.62. The van der Waals surface area contributed by atoms with Crippen LogP contribution >= 0.6 is 0 Å². The van der Waals surface area contributed by atoms with Gasteiger partial charge in [-0.3, -0.25) is 19.9 Å². The summed E-state index contributed by atoms with van der Waals surface area (Å²) in [5.74, 6) is -0.422. The number of amidine groups is 1. The van der Waals surface area contributed by atoms with Gasteiger partial charge in [-0.2, -0.15) is 13.2 Å². The standard InChI is InChI=1S/C23H24F3N3O2/c1-29(20(27)15-5-3-2-4-6-15)22(31)17-9-13-19(14-10-17)28-21(30)16-7-11-18(12-8-16)23(24,25)26/h7-15,27H,2-6H2,1H3,(H,28,30). The molecule has 2 aromatic rings. The van der Waals surface area contributed by atoms with Gasteiger partial charge < -0.3 is 5.32 Å². The van der Waals surface area contributed by atoms with E-state index in [1.54, 1.807) is 31.3 Å². The summed E-state index contributed by atoms with van der Waals surface area (Å²) in [4.78, 5) is 26.3. The van der Waals surface area contributed by atoms with E-state index >= 15 is 0 Å². The smallest absolute Gasteiger partial charge is 0.322 e. The minimum atomic E-state index is -4.46. The maximum Gasteiger partial charge on any atom is 0.416 e. The lowest BCUT2D eigenvalue weighted by Gasteiger charge is -2.28. The van der Waals surface area contributed by atoms with Crippen molar-refractivity contribution in [1.29, 1.82) is 5.41 Å². The molecule has 2 N–H and O–H groups in total. The fourth-order valence-electron chi connectivity index (χ4n) is 3.66. The molecule has 3 rings (SSSR count). The Morgan fingerprint density at radius 3 is 2.03 bits per heavy atom. The van der Waals surface area contributed by atoms with Crippen molar-refractivity contribution in [3.8, 4) is 0 Å². The summed E-state index contributed by atoms with van der Waals surface area (Å²) in [5, 5.41) is 10.9. The lowest BCUT2D eigenvalue weighted by molar-refractivity contribution is -0.137. The third kappa shape index (κ3) is 5.51. The molecule has 5 nitrogen and oxygen atoms in total. The normalized spacial score (nSPS) is 14.7. The number of nitrogens with zero attached hydrogens (tertiary/aromatic N) is 1. The Morgan fingerprint density at radius 1 is 0.935 bits per heavy atom. The maximum absolute atomic E-state index is 12.7. The summed E-state index contributed by atoms with van der Waals surface area (Å²) < 4.78 is 37.9. The van der Waals surface area contributed by atoms with Crippen molar-refractivity contribution in [2.75, 3.05) is 12.4 Å². The van der Waals surface area contributed by atoms with Crippen molar-refractivity contribution < 1.29 is 22.8 Å². The average Bonchev–Trinajstić information content (AvgIpc) is 2.78. The first-order chi connectivity index (χ1) is 14.7. The van der Waals surface area contributed by atoms with E-state index in [0.29, 0.717) is 17.1 Å². The van der Waals surface area contributed by atoms with Crippen molar-refractivity contribution in [2.45, 2.75) is 38.3 Å². The molecule has 0 atom stereocenters. The van der Waals surface area contributed by atoms with Crippen LogP contribution in [0.25, 0.3) is 0 Å². The highest BCUT2D eigenvalue weighted by Crippen LogP contribution is 2.29. The highest BCUT2D eigenvalue weighted by molar-refractivity contribution is 6.07. The summed E-state index contributed by atoms with van der Waals surface area (Å²) in [6, 6.07) is 10.1. The fourth-order valence-corrected chi connectivity index (χ4v) is 3.66. The van der Waals surface area contributed by atoms with E-state index in [1.165, 1.54) is 11.3 Å². The van der Waals surface area contributed by atoms with E-state index in [9.17, 15) is 22.8 Å². The molecule has 0 heterocycles. The molecule has 2 aromatic carbocycles. The lowest BCUT2D eigenvalue weighted by atomic mass is 9.88. The highest BCUT2D eigenvalue weighted by atomic mass is 19.4. The predicted molar refractivity (Wildman–Crippen MR) is 112 cm³/mol. The van der Waals surface area contributed by atoms with Crippen LogP contribution in [0.3, 0.4) is 0 Å². The number of benzene rings is 2. The van der Waals surface area contributed by atoms with Gasteiger partial charge in [0.2, 0.25) is 0 Å². The van der Waals surface area contributed by atoms with Gasteiger partial charge >= 0.3 is 6.18 Å². The number of rotatable bonds is 4. The molecule has 0 aromatic heterocycles. The monoisotopic (exact) mass is 431 g/mol. The number of amides is 2. The van der Waals surface area contributed by atoms with E-state index in [4.69, 9.17) is 5.41 Å². The second-order valence-electron chi connectivity index (χ2n) is 7.69. The van der Waals surface area contributed by atoms with E-state index in [-0.39, 0.29) is 17.4 Å². The highest BCUT2D eigenvalue weighted by Gasteiger charge is 2.30. The molecule has 0 aliphatic heterocycles. The van der Waals surface area contributed by atoms with Crippen LogP contribution in [0.1, 0.15) is 58.4 Å². The summed E-state index contributed by atoms with van der Waals surface area (Å²) in [5.41, 5.74) is 0.0608. The van der Waals surface area contributed by atoms with E-state index in [0.717, 1.165) is 49.9 Å². The van der Waals surface area contributed by atoms with Gasteiger partial charge in [-0.15, -0.1) is 0 Å². The van der Waals surface area contributed by atoms with Crippen molar-refractivity contribution in [2.24, 2.45) is 5.92 Å². The van der Waals surface area contributed by atoms with Crippen LogP contribution in [0.5, 0.6) is 0 Å². The van der Waals surface area contributed by atoms with Crippen LogP contribution in [0.4, 0.5) is 18.9 Å². The summed E-state index contributed by atoms with van der Waals surface area (Å²) in [7, 11) is 1.60. The number of carbonyl (C=O) groups excluding carboxylic acids is 2. The van der Waals surface area contributed by atoms with Gasteiger partial charge in [-0.1, -0.05) is 19.3 Å². The number of halogens is 3. The molecule has 31 heavy (non-hydrogen) atoms. The Labute approximate surface area is 178 Å². The minimum absolute atomic E-state index is 0.0915. The van der Waals surface area contributed by atoms with Gasteiger partial charge in [0.1, 0.15) is 5.84 Å². The first kappa shape index (κ1) is 22.5. The molecule has 1 aliphatic carbocycles. The third-order valence-electron chi connectivity index (χ3n) is 5.52. The fraction of sp³-hybridized carbons (Fsp3) is 0.348. The van der Waals surface area contributed by atoms with E-state index < -0.39 is 17.6 Å². The second-order valence-corrected chi connectivity index (χ2v) is 7.69. The molecule has 0 spiro atoms. The van der Waals surface area contributed by atoms with Crippen LogP contribution in [-0.2, 0) is 6.18 Å². The zero-order valence-electron chi connectivity index (χ0n) is 17.1. The van der Waals surface area contributed by atoms with Gasteiger partial charge in [0, 0.05) is 29.8 Å². The Bertz CT molecular complexity index is 948. The van der Waals surface area contributed by atoms with E-state index in [2.05, 4.69) is 5.32 Å². The number of hydrogen-bond donors (Lipinski definition) is 2. The van der Waals surface area contributed by atoms with Gasteiger partial charge in [0.15, 0.2) is 0 Å². The van der Waals surface area contributed by atoms with Crippen molar-refractivity contribution in [1.82, 2.24) is 4.90 Å². The number of alkyl halides is 3. The van der Waals surface area contributed by atoms with Crippen LogP contribution in [0.2, 0.25) is 0 Å². The topological polar surface area (TPSA) is 73.3 Å². The summed E-state index contributed by atoms with van der Waals surface area (Å²) >= 11 is 0. The van der Waals surface area contributed by atoms with Crippen LogP contribution < -0.4 is 5.32 Å². The molecule has 8 heteroatoms. The Hall–Kier alpha value is -3.16. The molecule has 0 bridgehead atoms. The van der Waals surface area contributed by atoms with E-state index in [1.807, 2.05) is 0 Å². The predicted octanol–water partition coefficient (Wildman–Crippen LogP) is 5.59. The molecular formula is C23H24F3N3O2. The maximum atomic E-state index is 12.7. The van der Waals surface area contributed by atoms with Crippen molar-refractivity contribution >= 4 is 23.3 Å². The molecule has 0 saturated heterocycles. The second kappa shape index (κ2) is 9.32. The van der Waals surface area contributed by atoms with Crippen LogP contribution in [0.15, 0.2) is 48.5 Å². The Morgan fingerprint density at radius 2 is 1.48 bits per heavy atom. The Kier molecular flexibility index (Phi) is 6.77. The lowest BCUT2D eigenvalue weighted by Crippen LogP contribution is -2.38. The molecule has 0 radical (unpaired) electrons. The van der Waals surface area contributed by atoms with Crippen molar-refractivity contribution in [3.63, 3.8) is 0 Å². The van der Waals surface area contributed by atoms with Crippen LogP contribution in [-0.4, -0.2) is 29.6 Å². The van der Waals surface area contributed by atoms with Gasteiger partial charge in [0.05, 0.1) is 5.56 Å². The zero-order chi connectivity index (χ0) is 22.6. The quantitative estimate of drug-likeness (QED) is 0.489. The van der Waals surface area contributed by atoms with Gasteiger partial charge in [0.25, 0.3) is 11.8 Å². The minimum Gasteiger partial charge on any atom is -0.322 e. The van der Waals surface area contributed by atoms with Crippen LogP contribution in [0, 0.1) is 11.3 Å². The number of anilines is 1. The van der Waals surface area contributed by atoms with Crippen molar-refractivity contribution in [3.05, 3.63) is 65.2 Å². The summed E-state index contributed by atoms with van der Waals surface area (Å²) in [6.07, 6.45) is 0.695. The molecule has 2 amide bonds.